The molecule has 1 aliphatic rings. The largest absolute Gasteiger partial charge is 0.348 e. The third-order valence-corrected chi connectivity index (χ3v) is 8.72. The van der Waals surface area contributed by atoms with Gasteiger partial charge in [0, 0.05) is 24.5 Å². The number of sulfonamides is 1. The Kier molecular flexibility index (Phi) is 7.78. The van der Waals surface area contributed by atoms with Gasteiger partial charge in [-0.3, -0.25) is 4.79 Å². The molecule has 0 aromatic heterocycles. The van der Waals surface area contributed by atoms with E-state index < -0.39 is 10.0 Å². The van der Waals surface area contributed by atoms with E-state index in [4.69, 9.17) is 11.6 Å². The lowest BCUT2D eigenvalue weighted by Gasteiger charge is -2.46. The molecule has 1 saturated heterocycles. The van der Waals surface area contributed by atoms with Gasteiger partial charge >= 0.3 is 0 Å². The van der Waals surface area contributed by atoms with Gasteiger partial charge in [-0.2, -0.15) is 0 Å². The molecule has 1 heterocycles. The molecule has 1 unspecified atom stereocenters. The van der Waals surface area contributed by atoms with Gasteiger partial charge in [0.05, 0.1) is 16.3 Å². The number of carbonyl (C=O) groups is 1. The standard InChI is InChI=1S/C24H31ClN2O3S/c1-3-18-31(29,30)27-16-14-24(15-17-27,19-10-6-5-7-11-19)22(4-2)26-23(28)20-12-8-9-13-21(20)25/h5-13,22H,3-4,14-18H2,1-2H3,(H,26,28). The van der Waals surface area contributed by atoms with Crippen LogP contribution in [0.25, 0.3) is 0 Å². The fraction of sp³-hybridized carbons (Fsp3) is 0.458. The van der Waals surface area contributed by atoms with Gasteiger partial charge in [-0.15, -0.1) is 0 Å². The average molecular weight is 463 g/mol. The predicted octanol–water partition coefficient (Wildman–Crippen LogP) is 4.62. The first-order chi connectivity index (χ1) is 14.8. The van der Waals surface area contributed by atoms with E-state index >= 15 is 0 Å². The van der Waals surface area contributed by atoms with Crippen molar-refractivity contribution in [2.24, 2.45) is 0 Å². The van der Waals surface area contributed by atoms with E-state index in [0.29, 0.717) is 42.9 Å². The van der Waals surface area contributed by atoms with E-state index in [-0.39, 0.29) is 23.1 Å². The fourth-order valence-electron chi connectivity index (χ4n) is 4.67. The number of nitrogens with one attached hydrogen (secondary N) is 1. The van der Waals surface area contributed by atoms with Gasteiger partial charge in [0.15, 0.2) is 0 Å². The molecule has 3 rings (SSSR count). The van der Waals surface area contributed by atoms with Crippen molar-refractivity contribution in [2.45, 2.75) is 51.0 Å². The summed E-state index contributed by atoms with van der Waals surface area (Å²) in [5.41, 5.74) is 1.24. The van der Waals surface area contributed by atoms with Crippen LogP contribution >= 0.6 is 11.6 Å². The van der Waals surface area contributed by atoms with Crippen molar-refractivity contribution in [1.29, 1.82) is 0 Å². The van der Waals surface area contributed by atoms with Crippen molar-refractivity contribution in [3.05, 3.63) is 70.7 Å². The van der Waals surface area contributed by atoms with Crippen molar-refractivity contribution in [3.63, 3.8) is 0 Å². The molecule has 2 aromatic rings. The summed E-state index contributed by atoms with van der Waals surface area (Å²) in [6.45, 7) is 4.85. The number of amides is 1. The fourth-order valence-corrected chi connectivity index (χ4v) is 6.41. The first-order valence-electron chi connectivity index (χ1n) is 10.9. The van der Waals surface area contributed by atoms with E-state index in [1.807, 2.05) is 25.1 Å². The van der Waals surface area contributed by atoms with Gasteiger partial charge in [-0.1, -0.05) is 67.9 Å². The highest BCUT2D eigenvalue weighted by molar-refractivity contribution is 7.89. The van der Waals surface area contributed by atoms with E-state index in [1.54, 1.807) is 28.6 Å². The number of piperidine rings is 1. The number of halogens is 1. The molecule has 2 aromatic carbocycles. The zero-order chi connectivity index (χ0) is 22.5. The molecule has 1 N–H and O–H groups in total. The molecule has 0 radical (unpaired) electrons. The normalized spacial score (nSPS) is 17.8. The SMILES string of the molecule is CCCS(=O)(=O)N1CCC(c2ccccc2)(C(CC)NC(=O)c2ccccc2Cl)CC1. The molecule has 0 aliphatic carbocycles. The number of rotatable bonds is 8. The highest BCUT2D eigenvalue weighted by Gasteiger charge is 2.44. The van der Waals surface area contributed by atoms with E-state index in [0.717, 1.165) is 12.0 Å². The quantitative estimate of drug-likeness (QED) is 0.622. The molecule has 31 heavy (non-hydrogen) atoms. The van der Waals surface area contributed by atoms with E-state index in [9.17, 15) is 13.2 Å². The van der Waals surface area contributed by atoms with Crippen molar-refractivity contribution in [3.8, 4) is 0 Å². The molecule has 1 aliphatic heterocycles. The third-order valence-electron chi connectivity index (χ3n) is 6.32. The van der Waals surface area contributed by atoms with Crippen molar-refractivity contribution in [2.75, 3.05) is 18.8 Å². The van der Waals surface area contributed by atoms with Crippen LogP contribution in [0, 0.1) is 0 Å². The summed E-state index contributed by atoms with van der Waals surface area (Å²) in [4.78, 5) is 13.1. The van der Waals surface area contributed by atoms with Crippen LogP contribution in [-0.2, 0) is 15.4 Å². The van der Waals surface area contributed by atoms with Gasteiger partial charge in [0.1, 0.15) is 0 Å². The first-order valence-corrected chi connectivity index (χ1v) is 12.9. The Bertz CT molecular complexity index is 987. The molecule has 1 fully saturated rings. The molecule has 1 atom stereocenters. The number of nitrogens with zero attached hydrogens (tertiary/aromatic N) is 1. The van der Waals surface area contributed by atoms with Crippen LogP contribution in [0.4, 0.5) is 0 Å². The van der Waals surface area contributed by atoms with Crippen LogP contribution in [0.1, 0.15) is 55.5 Å². The highest BCUT2D eigenvalue weighted by Crippen LogP contribution is 2.40. The smallest absolute Gasteiger partial charge is 0.253 e. The van der Waals surface area contributed by atoms with Gasteiger partial charge in [0.25, 0.3) is 5.91 Å². The molecule has 7 heteroatoms. The van der Waals surface area contributed by atoms with Crippen LogP contribution in [0.15, 0.2) is 54.6 Å². The van der Waals surface area contributed by atoms with Crippen LogP contribution in [0.2, 0.25) is 5.02 Å². The Morgan fingerprint density at radius 3 is 2.26 bits per heavy atom. The highest BCUT2D eigenvalue weighted by atomic mass is 35.5. The second-order valence-corrected chi connectivity index (χ2v) is 10.6. The Hall–Kier alpha value is -1.89. The summed E-state index contributed by atoms with van der Waals surface area (Å²) in [6.07, 6.45) is 2.64. The second-order valence-electron chi connectivity index (χ2n) is 8.15. The maximum absolute atomic E-state index is 13.1. The van der Waals surface area contributed by atoms with Crippen molar-refractivity contribution in [1.82, 2.24) is 9.62 Å². The monoisotopic (exact) mass is 462 g/mol. The van der Waals surface area contributed by atoms with Crippen LogP contribution < -0.4 is 5.32 Å². The van der Waals surface area contributed by atoms with Crippen molar-refractivity contribution < 1.29 is 13.2 Å². The minimum absolute atomic E-state index is 0.144. The summed E-state index contributed by atoms with van der Waals surface area (Å²) in [7, 11) is -3.24. The number of hydrogen-bond donors (Lipinski definition) is 1. The third kappa shape index (κ3) is 5.13. The average Bonchev–Trinajstić information content (AvgIpc) is 2.78. The van der Waals surface area contributed by atoms with Crippen LogP contribution in [-0.4, -0.2) is 43.5 Å². The predicted molar refractivity (Wildman–Crippen MR) is 126 cm³/mol. The molecular weight excluding hydrogens is 432 g/mol. The van der Waals surface area contributed by atoms with Gasteiger partial charge in [-0.25, -0.2) is 12.7 Å². The molecule has 1 amide bonds. The van der Waals surface area contributed by atoms with E-state index in [2.05, 4.69) is 24.4 Å². The summed E-state index contributed by atoms with van der Waals surface area (Å²) >= 11 is 6.25. The summed E-state index contributed by atoms with van der Waals surface area (Å²) < 4.78 is 26.8. The Morgan fingerprint density at radius 2 is 1.68 bits per heavy atom. The van der Waals surface area contributed by atoms with Crippen LogP contribution in [0.3, 0.4) is 0 Å². The molecule has 5 nitrogen and oxygen atoms in total. The van der Waals surface area contributed by atoms with Gasteiger partial charge < -0.3 is 5.32 Å². The molecule has 0 spiro atoms. The Labute approximate surface area is 190 Å². The lowest BCUT2D eigenvalue weighted by Crippen LogP contribution is -2.56. The summed E-state index contributed by atoms with van der Waals surface area (Å²) in [6, 6.07) is 17.0. The van der Waals surface area contributed by atoms with Gasteiger partial charge in [0.2, 0.25) is 10.0 Å². The first kappa shape index (κ1) is 23.8. The zero-order valence-electron chi connectivity index (χ0n) is 18.2. The lowest BCUT2D eigenvalue weighted by atomic mass is 9.67. The minimum atomic E-state index is -3.24. The summed E-state index contributed by atoms with van der Waals surface area (Å²) in [5.74, 6) is -0.0278. The Balaban J connectivity index is 1.90. The molecular formula is C24H31ClN2O3S. The summed E-state index contributed by atoms with van der Waals surface area (Å²) in [5, 5.41) is 3.64. The second kappa shape index (κ2) is 10.2. The minimum Gasteiger partial charge on any atom is -0.348 e. The number of carbonyl (C=O) groups excluding carboxylic acids is 1. The van der Waals surface area contributed by atoms with Gasteiger partial charge in [-0.05, 0) is 43.4 Å². The van der Waals surface area contributed by atoms with Crippen LogP contribution in [0.5, 0.6) is 0 Å². The maximum Gasteiger partial charge on any atom is 0.253 e. The molecule has 0 bridgehead atoms. The molecule has 168 valence electrons. The number of hydrogen-bond acceptors (Lipinski definition) is 3. The van der Waals surface area contributed by atoms with Crippen molar-refractivity contribution >= 4 is 27.5 Å². The molecule has 0 saturated carbocycles. The maximum atomic E-state index is 13.1. The topological polar surface area (TPSA) is 66.5 Å². The van der Waals surface area contributed by atoms with E-state index in [1.165, 1.54) is 0 Å². The lowest BCUT2D eigenvalue weighted by molar-refractivity contribution is 0.0882. The zero-order valence-corrected chi connectivity index (χ0v) is 19.8. The number of benzene rings is 2. The Morgan fingerprint density at radius 1 is 1.06 bits per heavy atom.